The summed E-state index contributed by atoms with van der Waals surface area (Å²) in [4.78, 5) is 4.24. The average Bonchev–Trinajstić information content (AvgIpc) is 2.79. The van der Waals surface area contributed by atoms with Gasteiger partial charge in [-0.05, 0) is 30.3 Å². The van der Waals surface area contributed by atoms with Gasteiger partial charge in [-0.1, -0.05) is 12.0 Å². The van der Waals surface area contributed by atoms with Gasteiger partial charge in [0.25, 0.3) is 0 Å². The van der Waals surface area contributed by atoms with Crippen molar-refractivity contribution < 1.29 is 4.42 Å². The maximum absolute atomic E-state index is 5.29. The highest BCUT2D eigenvalue weighted by atomic mass is 16.3. The van der Waals surface area contributed by atoms with Gasteiger partial charge in [0.1, 0.15) is 5.76 Å². The van der Waals surface area contributed by atoms with Gasteiger partial charge in [-0.2, -0.15) is 0 Å². The Morgan fingerprint density at radius 3 is 2.93 bits per heavy atom. The molecule has 0 aliphatic rings. The van der Waals surface area contributed by atoms with Gasteiger partial charge in [0.15, 0.2) is 0 Å². The first kappa shape index (κ1) is 9.29. The van der Waals surface area contributed by atoms with Crippen molar-refractivity contribution in [3.63, 3.8) is 0 Å². The van der Waals surface area contributed by atoms with Gasteiger partial charge in [0, 0.05) is 5.56 Å². The Hall–Kier alpha value is -2.27. The lowest BCUT2D eigenvalue weighted by atomic mass is 10.2. The molecule has 1 aromatic heterocycles. The molecule has 0 unspecified atom stereocenters. The molecule has 0 N–H and O–H groups in total. The highest BCUT2D eigenvalue weighted by Crippen LogP contribution is 2.13. The minimum Gasteiger partial charge on any atom is -0.463 e. The fourth-order valence-electron chi connectivity index (χ4n) is 1.18. The molecule has 1 aromatic carbocycles. The molecule has 0 radical (unpaired) electrons. The zero-order chi connectivity index (χ0) is 10.5. The second-order valence-electron chi connectivity index (χ2n) is 2.97. The first-order valence-electron chi connectivity index (χ1n) is 4.53. The predicted octanol–water partition coefficient (Wildman–Crippen LogP) is 3.01. The zero-order valence-electron chi connectivity index (χ0n) is 8.05. The van der Waals surface area contributed by atoms with E-state index in [4.69, 9.17) is 10.8 Å². The highest BCUT2D eigenvalue weighted by molar-refractivity contribution is 5.78. The molecule has 0 saturated heterocycles. The van der Waals surface area contributed by atoms with Crippen LogP contribution in [0.25, 0.3) is 0 Å². The number of nitrogens with zero attached hydrogens (tertiary/aromatic N) is 1. The van der Waals surface area contributed by atoms with E-state index < -0.39 is 0 Å². The summed E-state index contributed by atoms with van der Waals surface area (Å²) < 4.78 is 5.12. The van der Waals surface area contributed by atoms with Crippen LogP contribution in [-0.4, -0.2) is 6.21 Å². The van der Waals surface area contributed by atoms with Crippen LogP contribution in [0.1, 0.15) is 11.3 Å². The van der Waals surface area contributed by atoms with Crippen LogP contribution in [0.3, 0.4) is 0 Å². The standard InChI is InChI=1S/C13H9NO/c1-2-11-5-3-6-12(9-11)14-10-13-7-4-8-15-13/h1,3-10H. The molecule has 0 aliphatic heterocycles. The van der Waals surface area contributed by atoms with Crippen LogP contribution >= 0.6 is 0 Å². The summed E-state index contributed by atoms with van der Waals surface area (Å²) in [5, 5.41) is 0. The molecule has 0 amide bonds. The van der Waals surface area contributed by atoms with Gasteiger partial charge in [0.2, 0.25) is 0 Å². The SMILES string of the molecule is C#Cc1cccc(N=Cc2ccco2)c1. The zero-order valence-corrected chi connectivity index (χ0v) is 8.05. The van der Waals surface area contributed by atoms with E-state index in [2.05, 4.69) is 10.9 Å². The van der Waals surface area contributed by atoms with Gasteiger partial charge in [-0.25, -0.2) is 0 Å². The molecule has 15 heavy (non-hydrogen) atoms. The highest BCUT2D eigenvalue weighted by Gasteiger charge is 1.91. The van der Waals surface area contributed by atoms with Gasteiger partial charge >= 0.3 is 0 Å². The monoisotopic (exact) mass is 195 g/mol. The second kappa shape index (κ2) is 4.30. The van der Waals surface area contributed by atoms with Crippen LogP contribution in [0.2, 0.25) is 0 Å². The number of benzene rings is 1. The van der Waals surface area contributed by atoms with Crippen molar-refractivity contribution in [2.24, 2.45) is 4.99 Å². The number of hydrogen-bond donors (Lipinski definition) is 0. The van der Waals surface area contributed by atoms with E-state index >= 15 is 0 Å². The first-order valence-corrected chi connectivity index (χ1v) is 4.53. The van der Waals surface area contributed by atoms with Gasteiger partial charge in [0.05, 0.1) is 18.2 Å². The number of rotatable bonds is 2. The summed E-state index contributed by atoms with van der Waals surface area (Å²) in [5.41, 5.74) is 1.64. The number of terminal acetylenes is 1. The lowest BCUT2D eigenvalue weighted by molar-refractivity contribution is 0.560. The maximum atomic E-state index is 5.29. The lowest BCUT2D eigenvalue weighted by Crippen LogP contribution is -1.75. The largest absolute Gasteiger partial charge is 0.463 e. The Labute approximate surface area is 88.3 Å². The van der Waals surface area contributed by atoms with E-state index in [1.54, 1.807) is 12.5 Å². The smallest absolute Gasteiger partial charge is 0.144 e. The van der Waals surface area contributed by atoms with E-state index in [-0.39, 0.29) is 0 Å². The van der Waals surface area contributed by atoms with E-state index in [9.17, 15) is 0 Å². The molecule has 1 heterocycles. The summed E-state index contributed by atoms with van der Waals surface area (Å²) >= 11 is 0. The quantitative estimate of drug-likeness (QED) is 0.534. The molecule has 2 rings (SSSR count). The van der Waals surface area contributed by atoms with Crippen molar-refractivity contribution in [3.8, 4) is 12.3 Å². The number of aliphatic imine (C=N–C) groups is 1. The Bertz CT molecular complexity index is 504. The fraction of sp³-hybridized carbons (Fsp3) is 0. The molecule has 0 aliphatic carbocycles. The van der Waals surface area contributed by atoms with Crippen molar-refractivity contribution in [2.75, 3.05) is 0 Å². The summed E-state index contributed by atoms with van der Waals surface area (Å²) in [6, 6.07) is 11.1. The minimum atomic E-state index is 0.723. The van der Waals surface area contributed by atoms with Crippen LogP contribution in [-0.2, 0) is 0 Å². The van der Waals surface area contributed by atoms with Gasteiger partial charge in [-0.3, -0.25) is 4.99 Å². The molecule has 72 valence electrons. The van der Waals surface area contributed by atoms with E-state index in [1.165, 1.54) is 0 Å². The van der Waals surface area contributed by atoms with Crippen molar-refractivity contribution in [1.29, 1.82) is 0 Å². The lowest BCUT2D eigenvalue weighted by Gasteiger charge is -1.93. The molecule has 2 nitrogen and oxygen atoms in total. The third kappa shape index (κ3) is 2.35. The maximum Gasteiger partial charge on any atom is 0.144 e. The summed E-state index contributed by atoms with van der Waals surface area (Å²) in [7, 11) is 0. The minimum absolute atomic E-state index is 0.723. The van der Waals surface area contributed by atoms with Crippen LogP contribution < -0.4 is 0 Å². The van der Waals surface area contributed by atoms with E-state index in [1.807, 2.05) is 36.4 Å². The van der Waals surface area contributed by atoms with Crippen LogP contribution in [0.5, 0.6) is 0 Å². The Morgan fingerprint density at radius 2 is 2.20 bits per heavy atom. The molecule has 0 atom stereocenters. The second-order valence-corrected chi connectivity index (χ2v) is 2.97. The summed E-state index contributed by atoms with van der Waals surface area (Å²) in [6.07, 6.45) is 8.56. The number of furan rings is 1. The molecule has 0 saturated carbocycles. The van der Waals surface area contributed by atoms with Crippen molar-refractivity contribution >= 4 is 11.9 Å². The molecular weight excluding hydrogens is 186 g/mol. The third-order valence-corrected chi connectivity index (χ3v) is 1.90. The van der Waals surface area contributed by atoms with Gasteiger partial charge < -0.3 is 4.42 Å². The van der Waals surface area contributed by atoms with Crippen LogP contribution in [0, 0.1) is 12.3 Å². The molecule has 0 bridgehead atoms. The molecule has 0 fully saturated rings. The van der Waals surface area contributed by atoms with Crippen LogP contribution in [0.15, 0.2) is 52.1 Å². The first-order chi connectivity index (χ1) is 7.38. The van der Waals surface area contributed by atoms with Crippen molar-refractivity contribution in [3.05, 3.63) is 54.0 Å². The predicted molar refractivity (Wildman–Crippen MR) is 60.3 cm³/mol. The Morgan fingerprint density at radius 1 is 1.27 bits per heavy atom. The fourth-order valence-corrected chi connectivity index (χ4v) is 1.18. The molecule has 2 aromatic rings. The van der Waals surface area contributed by atoms with E-state index in [0.717, 1.165) is 17.0 Å². The summed E-state index contributed by atoms with van der Waals surface area (Å²) in [6.45, 7) is 0. The number of hydrogen-bond acceptors (Lipinski definition) is 2. The summed E-state index contributed by atoms with van der Waals surface area (Å²) in [5.74, 6) is 3.29. The molecular formula is C13H9NO. The van der Waals surface area contributed by atoms with Gasteiger partial charge in [-0.15, -0.1) is 6.42 Å². The molecule has 0 spiro atoms. The Kier molecular flexibility index (Phi) is 2.66. The molecule has 2 heteroatoms. The normalized spacial score (nSPS) is 10.3. The average molecular weight is 195 g/mol. The topological polar surface area (TPSA) is 25.5 Å². The Balaban J connectivity index is 2.21. The van der Waals surface area contributed by atoms with Crippen LogP contribution in [0.4, 0.5) is 5.69 Å². The van der Waals surface area contributed by atoms with Crippen molar-refractivity contribution in [1.82, 2.24) is 0 Å². The third-order valence-electron chi connectivity index (χ3n) is 1.90. The van der Waals surface area contributed by atoms with E-state index in [0.29, 0.717) is 0 Å². The van der Waals surface area contributed by atoms with Crippen molar-refractivity contribution in [2.45, 2.75) is 0 Å².